The van der Waals surface area contributed by atoms with Gasteiger partial charge in [0, 0.05) is 39.3 Å². The van der Waals surface area contributed by atoms with E-state index in [1.54, 1.807) is 60.7 Å². The lowest BCUT2D eigenvalue weighted by Gasteiger charge is -2.34. The van der Waals surface area contributed by atoms with Crippen LogP contribution in [0.3, 0.4) is 0 Å². The van der Waals surface area contributed by atoms with Gasteiger partial charge in [0.25, 0.3) is 0 Å². The van der Waals surface area contributed by atoms with Gasteiger partial charge in [-0.3, -0.25) is 4.79 Å². The Morgan fingerprint density at radius 1 is 1.00 bits per heavy atom. The van der Waals surface area contributed by atoms with Crippen molar-refractivity contribution in [2.24, 2.45) is 5.73 Å². The molecule has 0 bridgehead atoms. The van der Waals surface area contributed by atoms with Gasteiger partial charge in [-0.2, -0.15) is 0 Å². The van der Waals surface area contributed by atoms with Crippen LogP contribution in [0.4, 0.5) is 4.79 Å². The smallest absolute Gasteiger partial charge is 0.412 e. The third-order valence-corrected chi connectivity index (χ3v) is 5.80. The number of piperidine rings is 1. The lowest BCUT2D eigenvalue weighted by Crippen LogP contribution is -2.45. The number of carbonyl (C=O) groups is 3. The van der Waals surface area contributed by atoms with Crippen molar-refractivity contribution in [2.75, 3.05) is 19.6 Å². The Kier molecular flexibility index (Phi) is 11.2. The summed E-state index contributed by atoms with van der Waals surface area (Å²) in [5.74, 6) is -1.25. The van der Waals surface area contributed by atoms with E-state index in [9.17, 15) is 19.5 Å². The number of ether oxygens (including phenoxy) is 3. The van der Waals surface area contributed by atoms with Gasteiger partial charge in [0.1, 0.15) is 6.10 Å². The summed E-state index contributed by atoms with van der Waals surface area (Å²) < 4.78 is 16.0. The van der Waals surface area contributed by atoms with Crippen molar-refractivity contribution in [1.29, 1.82) is 0 Å². The van der Waals surface area contributed by atoms with Gasteiger partial charge >= 0.3 is 18.0 Å². The van der Waals surface area contributed by atoms with Gasteiger partial charge in [0.05, 0.1) is 0 Å². The summed E-state index contributed by atoms with van der Waals surface area (Å²) in [6.45, 7) is 2.43. The molecule has 36 heavy (non-hydrogen) atoms. The molecule has 1 saturated heterocycles. The van der Waals surface area contributed by atoms with Crippen molar-refractivity contribution in [3.63, 3.8) is 0 Å². The van der Waals surface area contributed by atoms with Gasteiger partial charge in [-0.1, -0.05) is 60.7 Å². The van der Waals surface area contributed by atoms with Crippen LogP contribution < -0.4 is 5.73 Å². The largest absolute Gasteiger partial charge is 0.460 e. The second kappa shape index (κ2) is 13.8. The maximum Gasteiger partial charge on any atom is 0.412 e. The fraction of sp³-hybridized carbons (Fsp3) is 0.423. The molecule has 10 heteroatoms. The van der Waals surface area contributed by atoms with E-state index < -0.39 is 36.0 Å². The van der Waals surface area contributed by atoms with Crippen molar-refractivity contribution >= 4 is 30.4 Å². The molecule has 1 aliphatic rings. The Labute approximate surface area is 216 Å². The molecule has 1 heterocycles. The summed E-state index contributed by atoms with van der Waals surface area (Å²) in [7, 11) is 0. The third-order valence-electron chi connectivity index (χ3n) is 5.80. The van der Waals surface area contributed by atoms with E-state index in [-0.39, 0.29) is 18.8 Å². The highest BCUT2D eigenvalue weighted by Gasteiger charge is 2.43. The van der Waals surface area contributed by atoms with Gasteiger partial charge in [-0.15, -0.1) is 12.4 Å². The highest BCUT2D eigenvalue weighted by atomic mass is 35.5. The Hall–Kier alpha value is -3.14. The maximum atomic E-state index is 13.2. The molecule has 196 valence electrons. The maximum absolute atomic E-state index is 13.2. The van der Waals surface area contributed by atoms with Gasteiger partial charge < -0.3 is 30.0 Å². The Balaban J connectivity index is 0.00000456. The quantitative estimate of drug-likeness (QED) is 0.381. The van der Waals surface area contributed by atoms with E-state index in [0.29, 0.717) is 50.0 Å². The first-order chi connectivity index (χ1) is 16.8. The number of esters is 2. The minimum absolute atomic E-state index is 0. The molecule has 0 radical (unpaired) electrons. The molecule has 0 spiro atoms. The van der Waals surface area contributed by atoms with E-state index in [4.69, 9.17) is 19.9 Å². The van der Waals surface area contributed by atoms with Crippen molar-refractivity contribution in [3.05, 3.63) is 71.8 Å². The van der Waals surface area contributed by atoms with Gasteiger partial charge in [0.2, 0.25) is 11.9 Å². The molecular formula is C26H33ClN2O7. The summed E-state index contributed by atoms with van der Waals surface area (Å²) >= 11 is 0. The van der Waals surface area contributed by atoms with Crippen LogP contribution in [-0.4, -0.2) is 60.1 Å². The number of benzene rings is 2. The molecule has 3 rings (SSSR count). The fourth-order valence-corrected chi connectivity index (χ4v) is 3.88. The molecule has 0 aliphatic carbocycles. The van der Waals surface area contributed by atoms with E-state index >= 15 is 0 Å². The van der Waals surface area contributed by atoms with E-state index in [2.05, 4.69) is 0 Å². The van der Waals surface area contributed by atoms with Crippen LogP contribution in [0.2, 0.25) is 0 Å². The minimum Gasteiger partial charge on any atom is -0.460 e. The molecule has 0 saturated carbocycles. The van der Waals surface area contributed by atoms with E-state index in [1.165, 1.54) is 11.8 Å². The number of amides is 1. The molecular weight excluding hydrogens is 488 g/mol. The number of nitrogens with two attached hydrogens (primary N) is 1. The first kappa shape index (κ1) is 29.1. The average Bonchev–Trinajstić information content (AvgIpc) is 2.88. The average molecular weight is 521 g/mol. The van der Waals surface area contributed by atoms with Crippen LogP contribution in [0.25, 0.3) is 0 Å². The molecule has 9 nitrogen and oxygen atoms in total. The van der Waals surface area contributed by atoms with Crippen LogP contribution in [0, 0.1) is 0 Å². The standard InChI is InChI=1S/C26H32N2O7.ClH/c1-19(33-23(29)13-8-16-27)34-25(31)28-17-14-22(15-18-28)35-24(30)26(32,20-9-4-2-5-10-20)21-11-6-3-7-12-21;/h2-7,9-12,19,22,32H,8,13-18,27H2,1H3;1H. The SMILES string of the molecule is CC(OC(=O)CCCN)OC(=O)N1CCC(OC(=O)C(O)(c2ccccc2)c2ccccc2)CC1.Cl. The molecule has 2 aromatic carbocycles. The molecule has 1 amide bonds. The molecule has 2 aromatic rings. The molecule has 1 aliphatic heterocycles. The monoisotopic (exact) mass is 520 g/mol. The molecule has 3 N–H and O–H groups in total. The number of carbonyl (C=O) groups excluding carboxylic acids is 3. The molecule has 1 fully saturated rings. The number of nitrogens with zero attached hydrogens (tertiary/aromatic N) is 1. The van der Waals surface area contributed by atoms with Crippen LogP contribution in [0.15, 0.2) is 60.7 Å². The Morgan fingerprint density at radius 2 is 1.53 bits per heavy atom. The van der Waals surface area contributed by atoms with Crippen molar-refractivity contribution < 1.29 is 33.7 Å². The number of hydrogen-bond donors (Lipinski definition) is 2. The lowest BCUT2D eigenvalue weighted by atomic mass is 9.86. The predicted octanol–water partition coefficient (Wildman–Crippen LogP) is 3.12. The zero-order valence-corrected chi connectivity index (χ0v) is 21.0. The highest BCUT2D eigenvalue weighted by molar-refractivity contribution is 5.86. The van der Waals surface area contributed by atoms with Crippen LogP contribution >= 0.6 is 12.4 Å². The Morgan fingerprint density at radius 3 is 2.03 bits per heavy atom. The summed E-state index contributed by atoms with van der Waals surface area (Å²) in [6.07, 6.45) is -0.690. The van der Waals surface area contributed by atoms with E-state index in [0.717, 1.165) is 0 Å². The number of halogens is 1. The normalized spacial score (nSPS) is 14.8. The fourth-order valence-electron chi connectivity index (χ4n) is 3.88. The number of aliphatic hydroxyl groups is 1. The molecule has 0 aromatic heterocycles. The van der Waals surface area contributed by atoms with Crippen LogP contribution in [-0.2, 0) is 29.4 Å². The first-order valence-electron chi connectivity index (χ1n) is 11.7. The summed E-state index contributed by atoms with van der Waals surface area (Å²) in [5, 5.41) is 11.5. The van der Waals surface area contributed by atoms with E-state index in [1.807, 2.05) is 0 Å². The molecule has 1 atom stereocenters. The van der Waals surface area contributed by atoms with Crippen molar-refractivity contribution in [3.8, 4) is 0 Å². The zero-order valence-electron chi connectivity index (χ0n) is 20.2. The topological polar surface area (TPSA) is 128 Å². The van der Waals surface area contributed by atoms with Crippen LogP contribution in [0.1, 0.15) is 43.7 Å². The van der Waals surface area contributed by atoms with Crippen molar-refractivity contribution in [2.45, 2.75) is 50.6 Å². The van der Waals surface area contributed by atoms with Crippen molar-refractivity contribution in [1.82, 2.24) is 4.90 Å². The second-order valence-corrected chi connectivity index (χ2v) is 8.37. The summed E-state index contributed by atoms with van der Waals surface area (Å²) in [5.41, 5.74) is 4.23. The van der Waals surface area contributed by atoms with Gasteiger partial charge in [0.15, 0.2) is 0 Å². The molecule has 1 unspecified atom stereocenters. The zero-order chi connectivity index (χ0) is 25.3. The third kappa shape index (κ3) is 7.43. The van der Waals surface area contributed by atoms with Gasteiger partial charge in [-0.05, 0) is 24.1 Å². The minimum atomic E-state index is -1.96. The Bertz CT molecular complexity index is 943. The first-order valence-corrected chi connectivity index (χ1v) is 11.7. The number of likely N-dealkylation sites (tertiary alicyclic amines) is 1. The second-order valence-electron chi connectivity index (χ2n) is 8.37. The summed E-state index contributed by atoms with van der Waals surface area (Å²) in [6, 6.07) is 17.3. The summed E-state index contributed by atoms with van der Waals surface area (Å²) in [4.78, 5) is 38.8. The number of rotatable bonds is 9. The van der Waals surface area contributed by atoms with Crippen LogP contribution in [0.5, 0.6) is 0 Å². The highest BCUT2D eigenvalue weighted by Crippen LogP contribution is 2.32. The number of hydrogen-bond acceptors (Lipinski definition) is 8. The lowest BCUT2D eigenvalue weighted by molar-refractivity contribution is -0.170. The van der Waals surface area contributed by atoms with Gasteiger partial charge in [-0.25, -0.2) is 9.59 Å². The predicted molar refractivity (Wildman–Crippen MR) is 134 cm³/mol.